The molecule has 5 heteroatoms. The van der Waals surface area contributed by atoms with Crippen molar-refractivity contribution in [3.05, 3.63) is 45.5 Å². The first kappa shape index (κ1) is 10.7. The van der Waals surface area contributed by atoms with Gasteiger partial charge in [0.25, 0.3) is 0 Å². The molecule has 0 bridgehead atoms. The Balaban J connectivity index is 2.02. The van der Waals surface area contributed by atoms with E-state index in [0.717, 1.165) is 20.6 Å². The van der Waals surface area contributed by atoms with Crippen LogP contribution in [0.25, 0.3) is 0 Å². The zero-order valence-electron chi connectivity index (χ0n) is 7.71. The Hall–Kier alpha value is -0.810. The van der Waals surface area contributed by atoms with Crippen LogP contribution in [-0.4, -0.2) is 4.98 Å². The lowest BCUT2D eigenvalue weighted by atomic mass is 10.4. The van der Waals surface area contributed by atoms with E-state index >= 15 is 0 Å². The van der Waals surface area contributed by atoms with Gasteiger partial charge in [-0.25, -0.2) is 0 Å². The lowest BCUT2D eigenvalue weighted by molar-refractivity contribution is 0.495. The molecule has 2 heterocycles. The molecule has 0 spiro atoms. The Bertz CT molecular complexity index is 456. The molecule has 0 aromatic carbocycles. The van der Waals surface area contributed by atoms with Gasteiger partial charge in [-0.3, -0.25) is 4.98 Å². The molecule has 0 aliphatic carbocycles. The molecule has 0 unspecified atom stereocenters. The number of aromatic nitrogens is 1. The molecular weight excluding hydrogens is 324 g/mol. The summed E-state index contributed by atoms with van der Waals surface area (Å²) in [6, 6.07) is 5.70. The van der Waals surface area contributed by atoms with Gasteiger partial charge in [0.05, 0.1) is 16.7 Å². The second-order valence-corrected chi connectivity index (χ2v) is 4.55. The van der Waals surface area contributed by atoms with Gasteiger partial charge in [-0.05, 0) is 50.1 Å². The predicted octanol–water partition coefficient (Wildman–Crippen LogP) is 3.81. The Kier molecular flexibility index (Phi) is 3.43. The van der Waals surface area contributed by atoms with Gasteiger partial charge in [0.1, 0.15) is 5.76 Å². The van der Waals surface area contributed by atoms with Gasteiger partial charge >= 0.3 is 0 Å². The summed E-state index contributed by atoms with van der Waals surface area (Å²) in [5.74, 6) is 0.880. The number of nitrogens with one attached hydrogen (secondary N) is 1. The van der Waals surface area contributed by atoms with E-state index in [4.69, 9.17) is 4.42 Å². The Morgan fingerprint density at radius 1 is 1.27 bits per heavy atom. The van der Waals surface area contributed by atoms with Crippen molar-refractivity contribution >= 4 is 37.5 Å². The Labute approximate surface area is 104 Å². The molecule has 0 fully saturated rings. The van der Waals surface area contributed by atoms with Crippen molar-refractivity contribution in [2.24, 2.45) is 0 Å². The van der Waals surface area contributed by atoms with Gasteiger partial charge in [-0.2, -0.15) is 0 Å². The average Bonchev–Trinajstić information content (AvgIpc) is 2.63. The minimum absolute atomic E-state index is 0.647. The van der Waals surface area contributed by atoms with E-state index in [9.17, 15) is 0 Å². The van der Waals surface area contributed by atoms with Gasteiger partial charge in [-0.15, -0.1) is 0 Å². The molecule has 2 aromatic rings. The molecule has 15 heavy (non-hydrogen) atoms. The lowest BCUT2D eigenvalue weighted by Gasteiger charge is -2.05. The molecule has 0 aliphatic rings. The van der Waals surface area contributed by atoms with Crippen LogP contribution in [0.3, 0.4) is 0 Å². The monoisotopic (exact) mass is 330 g/mol. The minimum Gasteiger partial charge on any atom is -0.452 e. The molecule has 2 aromatic heterocycles. The molecule has 1 N–H and O–H groups in total. The summed E-state index contributed by atoms with van der Waals surface area (Å²) in [4.78, 5) is 3.99. The topological polar surface area (TPSA) is 38.1 Å². The standard InChI is InChI=1S/C10H8Br2N2O/c11-8-6-13-4-3-9(8)14-5-7-1-2-10(12)15-7/h1-4,6H,5H2,(H,13,14). The maximum atomic E-state index is 5.37. The fourth-order valence-corrected chi connectivity index (χ4v) is 1.88. The van der Waals surface area contributed by atoms with Crippen LogP contribution in [0.15, 0.2) is 44.2 Å². The third-order valence-electron chi connectivity index (χ3n) is 1.85. The number of halogens is 2. The van der Waals surface area contributed by atoms with Crippen LogP contribution in [0, 0.1) is 0 Å². The first-order valence-corrected chi connectivity index (χ1v) is 5.92. The highest BCUT2D eigenvalue weighted by atomic mass is 79.9. The number of pyridine rings is 1. The van der Waals surface area contributed by atoms with Gasteiger partial charge < -0.3 is 9.73 Å². The number of rotatable bonds is 3. The van der Waals surface area contributed by atoms with Crippen LogP contribution in [0.5, 0.6) is 0 Å². The van der Waals surface area contributed by atoms with Gasteiger partial charge in [0, 0.05) is 12.4 Å². The molecular formula is C10H8Br2N2O. The Morgan fingerprint density at radius 3 is 2.80 bits per heavy atom. The third-order valence-corrected chi connectivity index (χ3v) is 2.91. The van der Waals surface area contributed by atoms with Gasteiger partial charge in [0.15, 0.2) is 4.67 Å². The zero-order valence-corrected chi connectivity index (χ0v) is 10.9. The van der Waals surface area contributed by atoms with Crippen LogP contribution >= 0.6 is 31.9 Å². The number of hydrogen-bond acceptors (Lipinski definition) is 3. The first-order valence-electron chi connectivity index (χ1n) is 4.33. The van der Waals surface area contributed by atoms with E-state index in [1.54, 1.807) is 12.4 Å². The van der Waals surface area contributed by atoms with Gasteiger partial charge in [-0.1, -0.05) is 0 Å². The predicted molar refractivity (Wildman–Crippen MR) is 65.7 cm³/mol. The smallest absolute Gasteiger partial charge is 0.169 e. The van der Waals surface area contributed by atoms with Crippen LogP contribution < -0.4 is 5.32 Å². The van der Waals surface area contributed by atoms with E-state index in [1.165, 1.54) is 0 Å². The fourth-order valence-electron chi connectivity index (χ4n) is 1.15. The van der Waals surface area contributed by atoms with Crippen molar-refractivity contribution in [3.63, 3.8) is 0 Å². The van der Waals surface area contributed by atoms with Crippen molar-refractivity contribution in [2.75, 3.05) is 5.32 Å². The molecule has 0 saturated carbocycles. The molecule has 0 atom stereocenters. The summed E-state index contributed by atoms with van der Waals surface area (Å²) in [5, 5.41) is 3.24. The van der Waals surface area contributed by atoms with E-state index in [0.29, 0.717) is 6.54 Å². The van der Waals surface area contributed by atoms with E-state index in [2.05, 4.69) is 42.2 Å². The van der Waals surface area contributed by atoms with Crippen molar-refractivity contribution < 1.29 is 4.42 Å². The summed E-state index contributed by atoms with van der Waals surface area (Å²) >= 11 is 6.67. The number of furan rings is 1. The van der Waals surface area contributed by atoms with Crippen molar-refractivity contribution in [3.8, 4) is 0 Å². The van der Waals surface area contributed by atoms with Crippen LogP contribution in [-0.2, 0) is 6.54 Å². The molecule has 0 radical (unpaired) electrons. The van der Waals surface area contributed by atoms with Crippen LogP contribution in [0.1, 0.15) is 5.76 Å². The maximum Gasteiger partial charge on any atom is 0.169 e. The number of anilines is 1. The molecule has 0 saturated heterocycles. The molecule has 78 valence electrons. The second kappa shape index (κ2) is 4.81. The van der Waals surface area contributed by atoms with Crippen LogP contribution in [0.4, 0.5) is 5.69 Å². The highest BCUT2D eigenvalue weighted by Crippen LogP contribution is 2.21. The highest BCUT2D eigenvalue weighted by molar-refractivity contribution is 9.10. The van der Waals surface area contributed by atoms with Crippen molar-refractivity contribution in [1.82, 2.24) is 4.98 Å². The second-order valence-electron chi connectivity index (χ2n) is 2.91. The van der Waals surface area contributed by atoms with Crippen LogP contribution in [0.2, 0.25) is 0 Å². The zero-order chi connectivity index (χ0) is 10.7. The highest BCUT2D eigenvalue weighted by Gasteiger charge is 2.01. The summed E-state index contributed by atoms with van der Waals surface area (Å²) in [6.07, 6.45) is 3.49. The molecule has 0 aliphatic heterocycles. The Morgan fingerprint density at radius 2 is 2.13 bits per heavy atom. The summed E-state index contributed by atoms with van der Waals surface area (Å²) in [6.45, 7) is 0.647. The normalized spacial score (nSPS) is 10.3. The molecule has 2 rings (SSSR count). The summed E-state index contributed by atoms with van der Waals surface area (Å²) in [5.41, 5.74) is 0.998. The molecule has 3 nitrogen and oxygen atoms in total. The SMILES string of the molecule is Brc1ccc(CNc2ccncc2Br)o1. The molecule has 0 amide bonds. The van der Waals surface area contributed by atoms with E-state index in [1.807, 2.05) is 18.2 Å². The summed E-state index contributed by atoms with van der Waals surface area (Å²) < 4.78 is 7.05. The first-order chi connectivity index (χ1) is 7.25. The number of hydrogen-bond donors (Lipinski definition) is 1. The maximum absolute atomic E-state index is 5.37. The van der Waals surface area contributed by atoms with Crippen molar-refractivity contribution in [2.45, 2.75) is 6.54 Å². The summed E-state index contributed by atoms with van der Waals surface area (Å²) in [7, 11) is 0. The van der Waals surface area contributed by atoms with Crippen molar-refractivity contribution in [1.29, 1.82) is 0 Å². The number of nitrogens with zero attached hydrogens (tertiary/aromatic N) is 1. The van der Waals surface area contributed by atoms with Gasteiger partial charge in [0.2, 0.25) is 0 Å². The largest absolute Gasteiger partial charge is 0.452 e. The fraction of sp³-hybridized carbons (Fsp3) is 0.100. The van der Waals surface area contributed by atoms with E-state index in [-0.39, 0.29) is 0 Å². The average molecular weight is 332 g/mol. The quantitative estimate of drug-likeness (QED) is 0.929. The minimum atomic E-state index is 0.647. The van der Waals surface area contributed by atoms with E-state index < -0.39 is 0 Å². The lowest BCUT2D eigenvalue weighted by Crippen LogP contribution is -1.98. The third kappa shape index (κ3) is 2.82.